The number of aromatic nitrogens is 2. The monoisotopic (exact) mass is 308 g/mol. The molecule has 21 heavy (non-hydrogen) atoms. The molecule has 2 heterocycles. The highest BCUT2D eigenvalue weighted by atomic mass is 32.2. The van der Waals surface area contributed by atoms with Gasteiger partial charge in [0.2, 0.25) is 0 Å². The Bertz CT molecular complexity index is 747. The zero-order chi connectivity index (χ0) is 15.0. The molecule has 2 aromatic rings. The molecular weight excluding hydrogens is 288 g/mol. The minimum atomic E-state index is -3.58. The van der Waals surface area contributed by atoms with Gasteiger partial charge in [0.05, 0.1) is 0 Å². The number of hydrogen-bond acceptors (Lipinski definition) is 4. The molecule has 0 spiro atoms. The van der Waals surface area contributed by atoms with Gasteiger partial charge in [-0.2, -0.15) is 4.31 Å². The van der Waals surface area contributed by atoms with E-state index >= 15 is 0 Å². The minimum absolute atomic E-state index is 0.0916. The van der Waals surface area contributed by atoms with Crippen molar-refractivity contribution >= 4 is 21.5 Å². The van der Waals surface area contributed by atoms with Crippen LogP contribution in [0.15, 0.2) is 29.4 Å². The van der Waals surface area contributed by atoms with Crippen molar-refractivity contribution in [3.05, 3.63) is 24.4 Å². The molecule has 6 nitrogen and oxygen atoms in total. The van der Waals surface area contributed by atoms with Gasteiger partial charge in [-0.05, 0) is 25.0 Å². The lowest BCUT2D eigenvalue weighted by Crippen LogP contribution is -2.36. The molecule has 0 saturated heterocycles. The molecular formula is C14H20N4O2S. The molecule has 1 saturated carbocycles. The third-order valence-corrected chi connectivity index (χ3v) is 6.12. The molecule has 0 atom stereocenters. The summed E-state index contributed by atoms with van der Waals surface area (Å²) in [7, 11) is -0.213. The van der Waals surface area contributed by atoms with Crippen molar-refractivity contribution in [2.45, 2.75) is 36.8 Å². The van der Waals surface area contributed by atoms with Gasteiger partial charge in [-0.15, -0.1) is 0 Å². The van der Waals surface area contributed by atoms with E-state index in [1.807, 2.05) is 12.1 Å². The number of sulfonamides is 1. The Kier molecular flexibility index (Phi) is 3.62. The van der Waals surface area contributed by atoms with Crippen molar-refractivity contribution < 1.29 is 8.42 Å². The third-order valence-electron chi connectivity index (χ3n) is 4.19. The highest BCUT2D eigenvalue weighted by molar-refractivity contribution is 7.89. The minimum Gasteiger partial charge on any atom is -0.371 e. The molecule has 0 unspecified atom stereocenters. The van der Waals surface area contributed by atoms with Gasteiger partial charge in [0, 0.05) is 26.3 Å². The van der Waals surface area contributed by atoms with Crippen molar-refractivity contribution in [3.63, 3.8) is 0 Å². The fourth-order valence-electron chi connectivity index (χ4n) is 2.98. The summed E-state index contributed by atoms with van der Waals surface area (Å²) < 4.78 is 29.1. The molecule has 0 radical (unpaired) electrons. The van der Waals surface area contributed by atoms with Crippen LogP contribution in [0.1, 0.15) is 25.7 Å². The summed E-state index contributed by atoms with van der Waals surface area (Å²) in [4.78, 5) is 4.35. The number of anilines is 1. The molecule has 1 aliphatic rings. The van der Waals surface area contributed by atoms with E-state index < -0.39 is 10.0 Å². The van der Waals surface area contributed by atoms with E-state index in [1.165, 1.54) is 4.31 Å². The number of fused-ring (bicyclic) bond motifs is 1. The second kappa shape index (κ2) is 5.31. The van der Waals surface area contributed by atoms with Gasteiger partial charge >= 0.3 is 0 Å². The molecule has 1 fully saturated rings. The topological polar surface area (TPSA) is 66.7 Å². The smallest absolute Gasteiger partial charge is 0.262 e. The van der Waals surface area contributed by atoms with Crippen LogP contribution in [0.5, 0.6) is 0 Å². The Hall–Kier alpha value is -1.60. The standard InChI is InChI=1S/C14H20N4O2S/c1-15-13-14(18-10-6-5-9-12(18)16-13)21(19,20)17(2)11-7-3-4-8-11/h5-6,9-11,15H,3-4,7-8H2,1-2H3. The molecule has 1 N–H and O–H groups in total. The summed E-state index contributed by atoms with van der Waals surface area (Å²) in [5.74, 6) is 0.394. The predicted molar refractivity (Wildman–Crippen MR) is 81.9 cm³/mol. The zero-order valence-electron chi connectivity index (χ0n) is 12.3. The number of nitrogens with one attached hydrogen (secondary N) is 1. The van der Waals surface area contributed by atoms with E-state index in [9.17, 15) is 8.42 Å². The first-order chi connectivity index (χ1) is 10.1. The highest BCUT2D eigenvalue weighted by Gasteiger charge is 2.34. The Morgan fingerprint density at radius 2 is 2.05 bits per heavy atom. The highest BCUT2D eigenvalue weighted by Crippen LogP contribution is 2.30. The van der Waals surface area contributed by atoms with E-state index in [0.29, 0.717) is 11.5 Å². The number of nitrogens with zero attached hydrogens (tertiary/aromatic N) is 3. The average Bonchev–Trinajstić information content (AvgIpc) is 3.13. The van der Waals surface area contributed by atoms with Gasteiger partial charge in [0.15, 0.2) is 10.8 Å². The quantitative estimate of drug-likeness (QED) is 0.937. The Balaban J connectivity index is 2.13. The fraction of sp³-hybridized carbons (Fsp3) is 0.500. The maximum atomic E-state index is 13.0. The van der Waals surface area contributed by atoms with Crippen LogP contribution in [0.3, 0.4) is 0 Å². The van der Waals surface area contributed by atoms with Gasteiger partial charge in [-0.25, -0.2) is 13.4 Å². The van der Waals surface area contributed by atoms with Crippen molar-refractivity contribution in [3.8, 4) is 0 Å². The maximum absolute atomic E-state index is 13.0. The molecule has 2 aromatic heterocycles. The molecule has 0 aliphatic heterocycles. The summed E-state index contributed by atoms with van der Waals surface area (Å²) in [5, 5.41) is 3.12. The summed E-state index contributed by atoms with van der Waals surface area (Å²) >= 11 is 0. The van der Waals surface area contributed by atoms with Crippen LogP contribution < -0.4 is 5.32 Å². The van der Waals surface area contributed by atoms with Crippen LogP contribution in [0, 0.1) is 0 Å². The van der Waals surface area contributed by atoms with E-state index in [4.69, 9.17) is 0 Å². The first-order valence-corrected chi connectivity index (χ1v) is 8.62. The van der Waals surface area contributed by atoms with Crippen molar-refractivity contribution in [1.82, 2.24) is 13.7 Å². The Morgan fingerprint density at radius 3 is 2.71 bits per heavy atom. The number of rotatable bonds is 4. The van der Waals surface area contributed by atoms with Crippen LogP contribution in [0.2, 0.25) is 0 Å². The number of pyridine rings is 1. The van der Waals surface area contributed by atoms with Gasteiger partial charge < -0.3 is 5.32 Å². The summed E-state index contributed by atoms with van der Waals surface area (Å²) in [6, 6.07) is 5.55. The average molecular weight is 308 g/mol. The van der Waals surface area contributed by atoms with Crippen molar-refractivity contribution in [2.24, 2.45) is 0 Å². The van der Waals surface area contributed by atoms with Gasteiger partial charge in [0.25, 0.3) is 10.0 Å². The molecule has 1 aliphatic carbocycles. The summed E-state index contributed by atoms with van der Waals surface area (Å²) in [5.41, 5.74) is 0.625. The molecule has 7 heteroatoms. The largest absolute Gasteiger partial charge is 0.371 e. The van der Waals surface area contributed by atoms with Crippen LogP contribution in [0.4, 0.5) is 5.82 Å². The van der Waals surface area contributed by atoms with Crippen molar-refractivity contribution in [2.75, 3.05) is 19.4 Å². The van der Waals surface area contributed by atoms with Crippen LogP contribution in [0.25, 0.3) is 5.65 Å². The first-order valence-electron chi connectivity index (χ1n) is 7.18. The predicted octanol–water partition coefficient (Wildman–Crippen LogP) is 1.94. The normalized spacial score (nSPS) is 16.9. The van der Waals surface area contributed by atoms with Crippen LogP contribution >= 0.6 is 0 Å². The van der Waals surface area contributed by atoms with E-state index in [0.717, 1.165) is 25.7 Å². The van der Waals surface area contributed by atoms with Crippen LogP contribution in [-0.2, 0) is 10.0 Å². The second-order valence-electron chi connectivity index (χ2n) is 5.40. The molecule has 3 rings (SSSR count). The lowest BCUT2D eigenvalue weighted by atomic mass is 10.3. The SMILES string of the molecule is CNc1nc2ccccn2c1S(=O)(=O)N(C)C1CCCC1. The Labute approximate surface area is 124 Å². The maximum Gasteiger partial charge on any atom is 0.262 e. The van der Waals surface area contributed by atoms with Gasteiger partial charge in [-0.1, -0.05) is 18.9 Å². The molecule has 114 valence electrons. The van der Waals surface area contributed by atoms with E-state index in [2.05, 4.69) is 10.3 Å². The fourth-order valence-corrected chi connectivity index (χ4v) is 4.65. The first kappa shape index (κ1) is 14.3. The Morgan fingerprint density at radius 1 is 1.33 bits per heavy atom. The van der Waals surface area contributed by atoms with Crippen molar-refractivity contribution in [1.29, 1.82) is 0 Å². The second-order valence-corrected chi connectivity index (χ2v) is 7.32. The molecule has 0 aromatic carbocycles. The molecule has 0 amide bonds. The lowest BCUT2D eigenvalue weighted by molar-refractivity contribution is 0.371. The number of imidazole rings is 1. The van der Waals surface area contributed by atoms with E-state index in [1.54, 1.807) is 30.8 Å². The van der Waals surface area contributed by atoms with E-state index in [-0.39, 0.29) is 11.1 Å². The molecule has 0 bridgehead atoms. The van der Waals surface area contributed by atoms with Gasteiger partial charge in [-0.3, -0.25) is 4.40 Å². The summed E-state index contributed by atoms with van der Waals surface area (Å²) in [6.45, 7) is 0. The zero-order valence-corrected chi connectivity index (χ0v) is 13.1. The van der Waals surface area contributed by atoms with Crippen LogP contribution in [-0.4, -0.2) is 42.2 Å². The lowest BCUT2D eigenvalue weighted by Gasteiger charge is -2.23. The third kappa shape index (κ3) is 2.30. The van der Waals surface area contributed by atoms with Gasteiger partial charge in [0.1, 0.15) is 5.65 Å². The number of hydrogen-bond donors (Lipinski definition) is 1. The summed E-state index contributed by atoms with van der Waals surface area (Å²) in [6.07, 6.45) is 5.79.